The molecule has 2 aliphatic rings. The number of halogens is 3. The largest absolute Gasteiger partial charge is 0.416 e. The number of ether oxygens (including phenoxy) is 1. The molecule has 1 aromatic carbocycles. The quantitative estimate of drug-likeness (QED) is 0.605. The molecule has 1 atom stereocenters. The van der Waals surface area contributed by atoms with Crippen molar-refractivity contribution in [2.75, 3.05) is 42.6 Å². The molecule has 2 aromatic rings. The second-order valence-corrected chi connectivity index (χ2v) is 11.0. The molecule has 2 saturated heterocycles. The van der Waals surface area contributed by atoms with Crippen LogP contribution in [-0.2, 0) is 20.9 Å². The summed E-state index contributed by atoms with van der Waals surface area (Å²) in [5.74, 6) is 0.608. The van der Waals surface area contributed by atoms with Gasteiger partial charge in [0.2, 0.25) is 10.0 Å². The van der Waals surface area contributed by atoms with Crippen molar-refractivity contribution in [2.45, 2.75) is 50.9 Å². The van der Waals surface area contributed by atoms with E-state index in [1.165, 1.54) is 6.07 Å². The zero-order valence-electron chi connectivity index (χ0n) is 19.7. The topological polar surface area (TPSA) is 96.5 Å². The summed E-state index contributed by atoms with van der Waals surface area (Å²) >= 11 is 0. The highest BCUT2D eigenvalue weighted by Crippen LogP contribution is 2.36. The number of piperidine rings is 1. The second-order valence-electron chi connectivity index (χ2n) is 9.22. The third-order valence-electron chi connectivity index (χ3n) is 6.40. The smallest absolute Gasteiger partial charge is 0.381 e. The first kappa shape index (κ1) is 25.6. The Morgan fingerprint density at radius 1 is 1.11 bits per heavy atom. The standard InChI is InChI=1S/C23H30F3N5O3S/c1-15-12-20(19-6-5-16(23(24,25)26)13-21(19)30-35(2,32)33)28-29-22(15)27-17-4-3-9-31(14-17)18-7-10-34-11-8-18/h5-6,12-13,17-18,30H,3-4,7-11,14H2,1-2H3,(H,27,29)/t17-/m1/s1. The number of hydrogen-bond acceptors (Lipinski definition) is 7. The van der Waals surface area contributed by atoms with Gasteiger partial charge >= 0.3 is 6.18 Å². The van der Waals surface area contributed by atoms with Crippen molar-refractivity contribution in [3.8, 4) is 11.3 Å². The molecule has 1 aromatic heterocycles. The highest BCUT2D eigenvalue weighted by molar-refractivity contribution is 7.92. The number of anilines is 2. The van der Waals surface area contributed by atoms with Gasteiger partial charge in [0, 0.05) is 37.4 Å². The summed E-state index contributed by atoms with van der Waals surface area (Å²) in [6.45, 7) is 5.40. The zero-order chi connectivity index (χ0) is 25.2. The van der Waals surface area contributed by atoms with E-state index in [4.69, 9.17) is 4.74 Å². The number of rotatable bonds is 6. The molecule has 2 N–H and O–H groups in total. The number of nitrogens with one attached hydrogen (secondary N) is 2. The fraction of sp³-hybridized carbons (Fsp3) is 0.565. The summed E-state index contributed by atoms with van der Waals surface area (Å²) in [6, 6.07) is 5.32. The van der Waals surface area contributed by atoms with E-state index in [1.54, 1.807) is 6.07 Å². The van der Waals surface area contributed by atoms with Gasteiger partial charge in [0.15, 0.2) is 5.82 Å². The minimum Gasteiger partial charge on any atom is -0.381 e. The van der Waals surface area contributed by atoms with Crippen LogP contribution in [0.25, 0.3) is 11.3 Å². The Kier molecular flexibility index (Phi) is 7.53. The van der Waals surface area contributed by atoms with Gasteiger partial charge in [-0.2, -0.15) is 13.2 Å². The lowest BCUT2D eigenvalue weighted by molar-refractivity contribution is -0.137. The van der Waals surface area contributed by atoms with Crippen LogP contribution >= 0.6 is 0 Å². The van der Waals surface area contributed by atoms with E-state index < -0.39 is 21.8 Å². The van der Waals surface area contributed by atoms with E-state index in [9.17, 15) is 21.6 Å². The number of alkyl halides is 3. The number of aromatic nitrogens is 2. The molecule has 8 nitrogen and oxygen atoms in total. The van der Waals surface area contributed by atoms with Gasteiger partial charge in [-0.25, -0.2) is 8.42 Å². The highest BCUT2D eigenvalue weighted by Gasteiger charge is 2.32. The molecule has 0 amide bonds. The number of hydrogen-bond donors (Lipinski definition) is 2. The van der Waals surface area contributed by atoms with E-state index >= 15 is 0 Å². The van der Waals surface area contributed by atoms with Gasteiger partial charge in [-0.3, -0.25) is 9.62 Å². The number of benzene rings is 1. The van der Waals surface area contributed by atoms with Crippen LogP contribution in [0, 0.1) is 6.92 Å². The minimum absolute atomic E-state index is 0.198. The van der Waals surface area contributed by atoms with Crippen molar-refractivity contribution in [2.24, 2.45) is 0 Å². The molecular formula is C23H30F3N5O3S. The first-order chi connectivity index (χ1) is 16.5. The predicted molar refractivity (Wildman–Crippen MR) is 128 cm³/mol. The normalized spacial score (nSPS) is 20.5. The van der Waals surface area contributed by atoms with Crippen LogP contribution in [0.4, 0.5) is 24.7 Å². The van der Waals surface area contributed by atoms with Crippen molar-refractivity contribution < 1.29 is 26.3 Å². The molecule has 192 valence electrons. The predicted octanol–water partition coefficient (Wildman–Crippen LogP) is 3.90. The maximum atomic E-state index is 13.2. The SMILES string of the molecule is Cc1cc(-c2ccc(C(F)(F)F)cc2NS(C)(=O)=O)nnc1N[C@@H]1CCCN(C2CCOCC2)C1. The lowest BCUT2D eigenvalue weighted by Crippen LogP contribution is -2.49. The lowest BCUT2D eigenvalue weighted by Gasteiger charge is -2.40. The van der Waals surface area contributed by atoms with Crippen LogP contribution in [0.15, 0.2) is 24.3 Å². The molecule has 2 fully saturated rings. The van der Waals surface area contributed by atoms with Gasteiger partial charge in [0.25, 0.3) is 0 Å². The first-order valence-corrected chi connectivity index (χ1v) is 13.5. The second kappa shape index (κ2) is 10.3. The fourth-order valence-corrected chi connectivity index (χ4v) is 5.26. The average molecular weight is 514 g/mol. The molecule has 4 rings (SSSR count). The summed E-state index contributed by atoms with van der Waals surface area (Å²) in [7, 11) is -3.81. The molecule has 0 unspecified atom stereocenters. The van der Waals surface area contributed by atoms with Crippen molar-refractivity contribution in [1.82, 2.24) is 15.1 Å². The maximum absolute atomic E-state index is 13.2. The summed E-state index contributed by atoms with van der Waals surface area (Å²) in [5, 5.41) is 12.0. The summed E-state index contributed by atoms with van der Waals surface area (Å²) in [4.78, 5) is 2.51. The number of aryl methyl sites for hydroxylation is 1. The van der Waals surface area contributed by atoms with Gasteiger partial charge in [-0.05, 0) is 62.9 Å². The molecule has 3 heterocycles. The summed E-state index contributed by atoms with van der Waals surface area (Å²) in [5.41, 5.74) is 0.107. The van der Waals surface area contributed by atoms with E-state index in [0.29, 0.717) is 11.9 Å². The van der Waals surface area contributed by atoms with Crippen molar-refractivity contribution in [3.63, 3.8) is 0 Å². The van der Waals surface area contributed by atoms with Crippen LogP contribution in [0.3, 0.4) is 0 Å². The molecule has 2 aliphatic heterocycles. The summed E-state index contributed by atoms with van der Waals surface area (Å²) < 4.78 is 70.8. The maximum Gasteiger partial charge on any atom is 0.416 e. The van der Waals surface area contributed by atoms with E-state index in [1.807, 2.05) is 6.92 Å². The van der Waals surface area contributed by atoms with Gasteiger partial charge in [0.1, 0.15) is 0 Å². The molecule has 0 radical (unpaired) electrons. The van der Waals surface area contributed by atoms with E-state index in [0.717, 1.165) is 75.9 Å². The summed E-state index contributed by atoms with van der Waals surface area (Å²) in [6.07, 6.45) is 0.430. The average Bonchev–Trinajstić information content (AvgIpc) is 2.79. The van der Waals surface area contributed by atoms with Crippen molar-refractivity contribution in [3.05, 3.63) is 35.4 Å². The van der Waals surface area contributed by atoms with Crippen LogP contribution < -0.4 is 10.0 Å². The first-order valence-electron chi connectivity index (χ1n) is 11.6. The molecule has 0 saturated carbocycles. The van der Waals surface area contributed by atoms with Crippen LogP contribution in [-0.4, -0.2) is 68.2 Å². The van der Waals surface area contributed by atoms with Gasteiger partial charge in [-0.1, -0.05) is 6.07 Å². The number of sulfonamides is 1. The van der Waals surface area contributed by atoms with Crippen LogP contribution in [0.5, 0.6) is 0 Å². The Morgan fingerprint density at radius 2 is 1.86 bits per heavy atom. The number of nitrogens with zero attached hydrogens (tertiary/aromatic N) is 3. The van der Waals surface area contributed by atoms with Crippen molar-refractivity contribution >= 4 is 21.5 Å². The zero-order valence-corrected chi connectivity index (χ0v) is 20.5. The molecular weight excluding hydrogens is 483 g/mol. The lowest BCUT2D eigenvalue weighted by atomic mass is 9.99. The minimum atomic E-state index is -4.61. The Morgan fingerprint density at radius 3 is 2.51 bits per heavy atom. The highest BCUT2D eigenvalue weighted by atomic mass is 32.2. The Labute approximate surface area is 203 Å². The third-order valence-corrected chi connectivity index (χ3v) is 6.99. The molecule has 35 heavy (non-hydrogen) atoms. The monoisotopic (exact) mass is 513 g/mol. The Balaban J connectivity index is 1.54. The molecule has 12 heteroatoms. The van der Waals surface area contributed by atoms with Crippen LogP contribution in [0.1, 0.15) is 36.8 Å². The van der Waals surface area contributed by atoms with Gasteiger partial charge in [-0.15, -0.1) is 10.2 Å². The Bertz CT molecular complexity index is 1150. The van der Waals surface area contributed by atoms with E-state index in [2.05, 4.69) is 25.1 Å². The van der Waals surface area contributed by atoms with Crippen molar-refractivity contribution in [1.29, 1.82) is 0 Å². The third kappa shape index (κ3) is 6.62. The van der Waals surface area contributed by atoms with E-state index in [-0.39, 0.29) is 23.0 Å². The van der Waals surface area contributed by atoms with Gasteiger partial charge < -0.3 is 10.1 Å². The Hall–Kier alpha value is -2.44. The fourth-order valence-electron chi connectivity index (χ4n) is 4.69. The van der Waals surface area contributed by atoms with Gasteiger partial charge in [0.05, 0.1) is 23.2 Å². The molecule has 0 bridgehead atoms. The molecule has 0 aliphatic carbocycles. The van der Waals surface area contributed by atoms with Crippen LogP contribution in [0.2, 0.25) is 0 Å². The number of likely N-dealkylation sites (tertiary alicyclic amines) is 1. The molecule has 0 spiro atoms.